The van der Waals surface area contributed by atoms with E-state index < -0.39 is 0 Å². The fourth-order valence-corrected chi connectivity index (χ4v) is 7.99. The molecule has 326 valence electrons. The van der Waals surface area contributed by atoms with Crippen molar-refractivity contribution in [1.29, 1.82) is 0 Å². The Bertz CT molecular complexity index is 2250. The third-order valence-corrected chi connectivity index (χ3v) is 11.5. The van der Waals surface area contributed by atoms with Gasteiger partial charge in [0.05, 0.1) is 0 Å². The molecular formula is C53H54N8Pt2. The van der Waals surface area contributed by atoms with Gasteiger partial charge in [0, 0.05) is 26.2 Å². The summed E-state index contributed by atoms with van der Waals surface area (Å²) in [7, 11) is 0. The van der Waals surface area contributed by atoms with Gasteiger partial charge < -0.3 is 39.2 Å². The average Bonchev–Trinajstić information content (AvgIpc) is 4.11. The Morgan fingerprint density at radius 1 is 0.429 bits per heavy atom. The molecule has 63 heavy (non-hydrogen) atoms. The van der Waals surface area contributed by atoms with Crippen molar-refractivity contribution in [3.63, 3.8) is 0 Å². The Balaban J connectivity index is 0.000000200. The van der Waals surface area contributed by atoms with E-state index in [0.29, 0.717) is 0 Å². The van der Waals surface area contributed by atoms with Crippen molar-refractivity contribution in [3.8, 4) is 0 Å². The molecule has 0 saturated carbocycles. The largest absolute Gasteiger partial charge is 4.00 e. The minimum atomic E-state index is -0.196. The molecule has 5 aromatic rings. The second-order valence-corrected chi connectivity index (χ2v) is 16.1. The quantitative estimate of drug-likeness (QED) is 0.142. The second kappa shape index (κ2) is 20.6. The van der Waals surface area contributed by atoms with E-state index in [1.807, 2.05) is 0 Å². The van der Waals surface area contributed by atoms with E-state index in [9.17, 15) is 0 Å². The van der Waals surface area contributed by atoms with Crippen LogP contribution in [0.4, 0.5) is 22.7 Å². The maximum Gasteiger partial charge on any atom is 4.00 e. The van der Waals surface area contributed by atoms with E-state index >= 15 is 0 Å². The standard InChI is InChI=1S/C28H24N4.C23H22N4.2CH4.2Pt/c1-2-25-18-23-4-8-27(9-5-23)31-16-14-29(21-31)12-13-30-15-17-32(22-30)28-10-6-24(7-11-28)19-26(3-1)20-25;1-23(2)19-5-3-7-21(15-19)26-13-11-24(17-26)9-10-25-12-14-27(18-25)22-8-4-6-20(23)16-22;;;;/h1-8,10,14-17,20-22H,12-13,18-19H2;3-8,11-14,17-18H,9-10H2,1-2H3;2*1H4;;/q2*-4;;;2*+4. The van der Waals surface area contributed by atoms with Crippen LogP contribution in [0.1, 0.15) is 62.1 Å². The molecule has 13 rings (SSSR count). The van der Waals surface area contributed by atoms with Gasteiger partial charge in [-0.15, -0.1) is 34.9 Å². The van der Waals surface area contributed by atoms with Crippen LogP contribution in [0, 0.1) is 50.9 Å². The Morgan fingerprint density at radius 2 is 0.794 bits per heavy atom. The summed E-state index contributed by atoms with van der Waals surface area (Å²) in [6.45, 7) is 16.6. The van der Waals surface area contributed by atoms with Crippen LogP contribution in [0.2, 0.25) is 0 Å². The molecule has 0 saturated heterocycles. The van der Waals surface area contributed by atoms with Crippen molar-refractivity contribution < 1.29 is 42.1 Å². The Hall–Kier alpha value is -5.16. The molecule has 8 aliphatic rings. The summed E-state index contributed by atoms with van der Waals surface area (Å²) in [4.78, 5) is 17.4. The summed E-state index contributed by atoms with van der Waals surface area (Å²) in [5, 5.41) is 0. The molecule has 8 nitrogen and oxygen atoms in total. The Kier molecular flexibility index (Phi) is 15.4. The number of anilines is 4. The molecule has 0 amide bonds. The fourth-order valence-electron chi connectivity index (χ4n) is 7.99. The van der Waals surface area contributed by atoms with Gasteiger partial charge in [-0.3, -0.25) is 0 Å². The molecule has 0 aliphatic carbocycles. The van der Waals surface area contributed by atoms with Gasteiger partial charge >= 0.3 is 42.1 Å². The molecule has 0 radical (unpaired) electrons. The molecule has 0 spiro atoms. The summed E-state index contributed by atoms with van der Waals surface area (Å²) in [6, 6.07) is 48.7. The number of hydrogen-bond acceptors (Lipinski definition) is 8. The molecule has 0 fully saturated rings. The van der Waals surface area contributed by atoms with Crippen LogP contribution in [-0.2, 0) is 60.4 Å². The van der Waals surface area contributed by atoms with Crippen molar-refractivity contribution in [2.24, 2.45) is 0 Å². The summed E-state index contributed by atoms with van der Waals surface area (Å²) in [5.41, 5.74) is 11.5. The van der Waals surface area contributed by atoms with E-state index in [0.717, 1.165) is 72.9 Å². The number of benzene rings is 5. The Morgan fingerprint density at radius 3 is 1.16 bits per heavy atom. The summed E-state index contributed by atoms with van der Waals surface area (Å²) in [5.74, 6) is 0. The van der Waals surface area contributed by atoms with Crippen LogP contribution in [0.3, 0.4) is 0 Å². The van der Waals surface area contributed by atoms with E-state index in [1.54, 1.807) is 0 Å². The molecule has 18 bridgehead atoms. The zero-order valence-electron chi connectivity index (χ0n) is 34.1. The SMILES string of the molecule is C.C.CC1(C)c2[c-]c(ccc2)N2C=CN([CH-]2)CCN2C=CN([CH-]2)c2[c-]c1ccc2.[Pt+4].[Pt+4].[c-]1cc2ccc1N1C=CN([CH-]1)CCN1C=CN([CH-]1)c1[c-]cc(cc1)Cc1cccc(c1)C2. The van der Waals surface area contributed by atoms with Gasteiger partial charge in [-0.2, -0.15) is 134 Å². The van der Waals surface area contributed by atoms with Gasteiger partial charge in [0.25, 0.3) is 0 Å². The molecule has 10 heteroatoms. The first-order valence-corrected chi connectivity index (χ1v) is 20.3. The van der Waals surface area contributed by atoms with E-state index in [4.69, 9.17) is 0 Å². The minimum absolute atomic E-state index is 0. The Labute approximate surface area is 405 Å². The number of fused-ring (bicyclic) bond motifs is 12. The monoisotopic (exact) mass is 1190 g/mol. The van der Waals surface area contributed by atoms with Crippen LogP contribution in [0.5, 0.6) is 0 Å². The second-order valence-electron chi connectivity index (χ2n) is 16.1. The smallest absolute Gasteiger partial charge is 0.507 e. The summed E-state index contributed by atoms with van der Waals surface area (Å²) < 4.78 is 0. The fraction of sp³-hybridized carbons (Fsp3) is 0.208. The van der Waals surface area contributed by atoms with E-state index in [-0.39, 0.29) is 62.4 Å². The van der Waals surface area contributed by atoms with Crippen molar-refractivity contribution in [2.75, 3.05) is 45.8 Å². The van der Waals surface area contributed by atoms with Crippen molar-refractivity contribution >= 4 is 22.7 Å². The van der Waals surface area contributed by atoms with Gasteiger partial charge in [0.15, 0.2) is 0 Å². The minimum Gasteiger partial charge on any atom is -0.507 e. The molecule has 0 aromatic heterocycles. The van der Waals surface area contributed by atoms with Crippen LogP contribution in [-0.4, -0.2) is 45.8 Å². The maximum absolute atomic E-state index is 3.63. The number of nitrogens with zero attached hydrogens (tertiary/aromatic N) is 8. The first-order valence-electron chi connectivity index (χ1n) is 20.3. The average molecular weight is 1190 g/mol. The maximum atomic E-state index is 3.63. The summed E-state index contributed by atoms with van der Waals surface area (Å²) in [6.07, 6.45) is 18.7. The third-order valence-electron chi connectivity index (χ3n) is 11.5. The van der Waals surface area contributed by atoms with Crippen molar-refractivity contribution in [2.45, 2.75) is 47.0 Å². The van der Waals surface area contributed by atoms with Gasteiger partial charge in [-0.25, -0.2) is 0 Å². The molecule has 8 aliphatic heterocycles. The normalized spacial score (nSPS) is 17.4. The van der Waals surface area contributed by atoms with Crippen molar-refractivity contribution in [3.05, 3.63) is 231 Å². The molecule has 0 N–H and O–H groups in total. The molecule has 5 aromatic carbocycles. The molecule has 8 heterocycles. The van der Waals surface area contributed by atoms with Crippen LogP contribution in [0.15, 0.2) is 147 Å². The zero-order chi connectivity index (χ0) is 39.8. The van der Waals surface area contributed by atoms with Gasteiger partial charge in [-0.1, -0.05) is 64.1 Å². The zero-order valence-corrected chi connectivity index (χ0v) is 38.7. The summed E-state index contributed by atoms with van der Waals surface area (Å²) >= 11 is 0. The van der Waals surface area contributed by atoms with Gasteiger partial charge in [0.2, 0.25) is 0 Å². The molecule has 0 atom stereocenters. The first kappa shape index (κ1) is 47.3. The molecular weight excluding hydrogens is 1140 g/mol. The predicted octanol–water partition coefficient (Wildman–Crippen LogP) is 10.2. The topological polar surface area (TPSA) is 25.9 Å². The molecule has 0 unspecified atom stereocenters. The van der Waals surface area contributed by atoms with Crippen LogP contribution >= 0.6 is 0 Å². The van der Waals surface area contributed by atoms with E-state index in [1.165, 1.54) is 22.3 Å². The van der Waals surface area contributed by atoms with Crippen molar-refractivity contribution in [1.82, 2.24) is 19.6 Å². The number of hydrogen-bond donors (Lipinski definition) is 0. The van der Waals surface area contributed by atoms with Gasteiger partial charge in [-0.05, 0) is 67.9 Å². The third kappa shape index (κ3) is 10.6. The predicted molar refractivity (Wildman–Crippen MR) is 249 cm³/mol. The van der Waals surface area contributed by atoms with Gasteiger partial charge in [0.1, 0.15) is 0 Å². The number of rotatable bonds is 0. The van der Waals surface area contributed by atoms with Crippen LogP contribution in [0.25, 0.3) is 0 Å². The van der Waals surface area contributed by atoms with E-state index in [2.05, 4.69) is 251 Å². The first-order chi connectivity index (χ1) is 28.9. The van der Waals surface area contributed by atoms with Crippen LogP contribution < -0.4 is 19.6 Å².